The molecule has 0 spiro atoms. The monoisotopic (exact) mass is 253 g/mol. The maximum absolute atomic E-state index is 4.35. The van der Waals surface area contributed by atoms with Gasteiger partial charge in [0.05, 0.1) is 5.01 Å². The Labute approximate surface area is 108 Å². The summed E-state index contributed by atoms with van der Waals surface area (Å²) in [6.45, 7) is 9.34. The molecule has 0 radical (unpaired) electrons. The van der Waals surface area contributed by atoms with Crippen LogP contribution in [0.3, 0.4) is 0 Å². The van der Waals surface area contributed by atoms with Gasteiger partial charge in [0.15, 0.2) is 0 Å². The molecule has 0 bridgehead atoms. The van der Waals surface area contributed by atoms with E-state index in [9.17, 15) is 0 Å². The Morgan fingerprint density at radius 2 is 2.47 bits per heavy atom. The number of nitrogens with zero attached hydrogens (tertiary/aromatic N) is 2. The molecule has 2 rings (SSSR count). The van der Waals surface area contributed by atoms with Crippen LogP contribution in [0.15, 0.2) is 11.6 Å². The van der Waals surface area contributed by atoms with Crippen LogP contribution in [-0.2, 0) is 6.42 Å². The van der Waals surface area contributed by atoms with Crippen molar-refractivity contribution in [1.29, 1.82) is 0 Å². The zero-order valence-corrected chi connectivity index (χ0v) is 11.7. The van der Waals surface area contributed by atoms with E-state index >= 15 is 0 Å². The van der Waals surface area contributed by atoms with Crippen molar-refractivity contribution in [3.05, 3.63) is 16.6 Å². The fourth-order valence-corrected chi connectivity index (χ4v) is 2.91. The summed E-state index contributed by atoms with van der Waals surface area (Å²) in [5, 5.41) is 6.98. The second-order valence-electron chi connectivity index (χ2n) is 5.13. The van der Waals surface area contributed by atoms with Crippen LogP contribution in [0.25, 0.3) is 0 Å². The zero-order chi connectivity index (χ0) is 12.1. The highest BCUT2D eigenvalue weighted by atomic mass is 32.1. The average Bonchev–Trinajstić information content (AvgIpc) is 2.70. The van der Waals surface area contributed by atoms with Gasteiger partial charge in [0.1, 0.15) is 0 Å². The van der Waals surface area contributed by atoms with E-state index in [1.165, 1.54) is 24.5 Å². The molecule has 1 saturated heterocycles. The molecule has 1 fully saturated rings. The van der Waals surface area contributed by atoms with Crippen molar-refractivity contribution < 1.29 is 0 Å². The van der Waals surface area contributed by atoms with Crippen LogP contribution in [0.1, 0.15) is 25.3 Å². The van der Waals surface area contributed by atoms with Crippen molar-refractivity contribution in [2.75, 3.05) is 26.2 Å². The van der Waals surface area contributed by atoms with E-state index in [-0.39, 0.29) is 0 Å². The molecule has 1 unspecified atom stereocenters. The standard InChI is InChI=1S/C13H23N3S/c1-11(2)12-10-16(7-3-5-14-12)8-4-13-15-6-9-17-13/h6,9,11-12,14H,3-5,7-8,10H2,1-2H3. The lowest BCUT2D eigenvalue weighted by atomic mass is 10.0. The van der Waals surface area contributed by atoms with Gasteiger partial charge in [0, 0.05) is 37.1 Å². The van der Waals surface area contributed by atoms with Crippen molar-refractivity contribution in [2.24, 2.45) is 5.92 Å². The van der Waals surface area contributed by atoms with Gasteiger partial charge in [-0.1, -0.05) is 13.8 Å². The molecule has 1 atom stereocenters. The minimum absolute atomic E-state index is 0.647. The third-order valence-corrected chi connectivity index (χ3v) is 4.28. The van der Waals surface area contributed by atoms with Crippen LogP contribution in [0.5, 0.6) is 0 Å². The first-order valence-corrected chi connectivity index (χ1v) is 7.48. The SMILES string of the molecule is CC(C)C1CN(CCc2nccs2)CCCN1. The minimum atomic E-state index is 0.647. The highest BCUT2D eigenvalue weighted by Crippen LogP contribution is 2.11. The van der Waals surface area contributed by atoms with Crippen LogP contribution in [0.2, 0.25) is 0 Å². The van der Waals surface area contributed by atoms with Gasteiger partial charge in [-0.25, -0.2) is 4.98 Å². The molecular formula is C13H23N3S. The van der Waals surface area contributed by atoms with E-state index in [0.717, 1.165) is 25.4 Å². The van der Waals surface area contributed by atoms with Gasteiger partial charge in [0.25, 0.3) is 0 Å². The molecule has 0 aromatic carbocycles. The van der Waals surface area contributed by atoms with E-state index in [4.69, 9.17) is 0 Å². The molecule has 1 aliphatic heterocycles. The summed E-state index contributed by atoms with van der Waals surface area (Å²) in [7, 11) is 0. The lowest BCUT2D eigenvalue weighted by Crippen LogP contribution is -2.41. The molecule has 0 aliphatic carbocycles. The van der Waals surface area contributed by atoms with Gasteiger partial charge in [-0.2, -0.15) is 0 Å². The van der Waals surface area contributed by atoms with Crippen LogP contribution in [0, 0.1) is 5.92 Å². The Kier molecular flexibility index (Phi) is 4.95. The molecular weight excluding hydrogens is 230 g/mol. The van der Waals surface area contributed by atoms with E-state index in [0.29, 0.717) is 6.04 Å². The van der Waals surface area contributed by atoms with Gasteiger partial charge in [-0.15, -0.1) is 11.3 Å². The Balaban J connectivity index is 1.82. The third-order valence-electron chi connectivity index (χ3n) is 3.44. The molecule has 0 amide bonds. The minimum Gasteiger partial charge on any atom is -0.312 e. The Morgan fingerprint density at radius 3 is 3.18 bits per heavy atom. The summed E-state index contributed by atoms with van der Waals surface area (Å²) in [5.74, 6) is 0.718. The highest BCUT2D eigenvalue weighted by Gasteiger charge is 2.19. The summed E-state index contributed by atoms with van der Waals surface area (Å²) in [6, 6.07) is 0.647. The van der Waals surface area contributed by atoms with Crippen molar-refractivity contribution in [2.45, 2.75) is 32.7 Å². The molecule has 17 heavy (non-hydrogen) atoms. The summed E-state index contributed by atoms with van der Waals surface area (Å²) in [4.78, 5) is 6.94. The highest BCUT2D eigenvalue weighted by molar-refractivity contribution is 7.09. The van der Waals surface area contributed by atoms with Gasteiger partial charge in [0.2, 0.25) is 0 Å². The summed E-state index contributed by atoms with van der Waals surface area (Å²) < 4.78 is 0. The van der Waals surface area contributed by atoms with Gasteiger partial charge in [-0.05, 0) is 25.4 Å². The normalized spacial score (nSPS) is 22.9. The second kappa shape index (κ2) is 6.47. The van der Waals surface area contributed by atoms with Crippen molar-refractivity contribution in [1.82, 2.24) is 15.2 Å². The number of rotatable bonds is 4. The topological polar surface area (TPSA) is 28.2 Å². The molecule has 2 heterocycles. The Hall–Kier alpha value is -0.450. The summed E-state index contributed by atoms with van der Waals surface area (Å²) in [5.41, 5.74) is 0. The molecule has 1 N–H and O–H groups in total. The maximum Gasteiger partial charge on any atom is 0.0937 e. The van der Waals surface area contributed by atoms with Crippen molar-refractivity contribution in [3.63, 3.8) is 0 Å². The summed E-state index contributed by atoms with van der Waals surface area (Å²) >= 11 is 1.77. The van der Waals surface area contributed by atoms with E-state index in [2.05, 4.69) is 34.4 Å². The zero-order valence-electron chi connectivity index (χ0n) is 10.9. The Morgan fingerprint density at radius 1 is 1.59 bits per heavy atom. The first-order valence-electron chi connectivity index (χ1n) is 6.60. The molecule has 96 valence electrons. The molecule has 1 aliphatic rings. The molecule has 0 saturated carbocycles. The predicted octanol–water partition coefficient (Wildman–Crippen LogP) is 2.01. The van der Waals surface area contributed by atoms with Crippen LogP contribution >= 0.6 is 11.3 Å². The maximum atomic E-state index is 4.35. The molecule has 1 aromatic heterocycles. The van der Waals surface area contributed by atoms with Crippen LogP contribution in [0.4, 0.5) is 0 Å². The second-order valence-corrected chi connectivity index (χ2v) is 6.11. The number of thiazole rings is 1. The third kappa shape index (κ3) is 4.05. The first kappa shape index (κ1) is 13.0. The van der Waals surface area contributed by atoms with Crippen molar-refractivity contribution >= 4 is 11.3 Å². The smallest absolute Gasteiger partial charge is 0.0937 e. The van der Waals surface area contributed by atoms with Gasteiger partial charge >= 0.3 is 0 Å². The lowest BCUT2D eigenvalue weighted by Gasteiger charge is -2.26. The largest absolute Gasteiger partial charge is 0.312 e. The number of aromatic nitrogens is 1. The van der Waals surface area contributed by atoms with Crippen LogP contribution < -0.4 is 5.32 Å². The van der Waals surface area contributed by atoms with E-state index in [1.807, 2.05) is 6.20 Å². The van der Waals surface area contributed by atoms with Gasteiger partial charge in [-0.3, -0.25) is 0 Å². The molecule has 4 heteroatoms. The van der Waals surface area contributed by atoms with E-state index < -0.39 is 0 Å². The molecule has 3 nitrogen and oxygen atoms in total. The Bertz CT molecular complexity index is 310. The quantitative estimate of drug-likeness (QED) is 0.889. The number of hydrogen-bond acceptors (Lipinski definition) is 4. The predicted molar refractivity (Wildman–Crippen MR) is 73.5 cm³/mol. The first-order chi connectivity index (χ1) is 8.25. The van der Waals surface area contributed by atoms with E-state index in [1.54, 1.807) is 11.3 Å². The lowest BCUT2D eigenvalue weighted by molar-refractivity contribution is 0.248. The van der Waals surface area contributed by atoms with Crippen LogP contribution in [-0.4, -0.2) is 42.1 Å². The summed E-state index contributed by atoms with van der Waals surface area (Å²) in [6.07, 6.45) is 4.27. The average molecular weight is 253 g/mol. The molecule has 1 aromatic rings. The number of nitrogens with one attached hydrogen (secondary N) is 1. The van der Waals surface area contributed by atoms with Gasteiger partial charge < -0.3 is 10.2 Å². The van der Waals surface area contributed by atoms with Crippen molar-refractivity contribution in [3.8, 4) is 0 Å². The fraction of sp³-hybridized carbons (Fsp3) is 0.769. The fourth-order valence-electron chi connectivity index (χ4n) is 2.30. The number of hydrogen-bond donors (Lipinski definition) is 1.